The SMILES string of the molecule is O=C(CC1c2ccccc2CCN1S(=O)(=O)c1ccc(F)cc1)NCc1cccc(Cl)c1. The van der Waals surface area contributed by atoms with Crippen molar-refractivity contribution in [3.05, 3.63) is 100 Å². The molecule has 1 aliphatic rings. The van der Waals surface area contributed by atoms with Crippen molar-refractivity contribution in [3.8, 4) is 0 Å². The number of rotatable bonds is 6. The molecular formula is C24H22ClFN2O3S. The lowest BCUT2D eigenvalue weighted by Crippen LogP contribution is -2.42. The van der Waals surface area contributed by atoms with Crippen LogP contribution >= 0.6 is 11.6 Å². The average molecular weight is 473 g/mol. The second kappa shape index (κ2) is 9.40. The van der Waals surface area contributed by atoms with E-state index in [1.165, 1.54) is 16.4 Å². The van der Waals surface area contributed by atoms with E-state index in [-0.39, 0.29) is 23.8 Å². The lowest BCUT2D eigenvalue weighted by molar-refractivity contribution is -0.122. The smallest absolute Gasteiger partial charge is 0.243 e. The highest BCUT2D eigenvalue weighted by atomic mass is 35.5. The molecule has 4 rings (SSSR count). The molecule has 0 fully saturated rings. The van der Waals surface area contributed by atoms with Crippen LogP contribution in [0.1, 0.15) is 29.2 Å². The first-order valence-corrected chi connectivity index (χ1v) is 12.0. The molecule has 0 saturated heterocycles. The monoisotopic (exact) mass is 472 g/mol. The molecule has 1 heterocycles. The zero-order valence-corrected chi connectivity index (χ0v) is 18.7. The first-order valence-electron chi connectivity index (χ1n) is 10.2. The van der Waals surface area contributed by atoms with Crippen molar-refractivity contribution in [2.24, 2.45) is 0 Å². The van der Waals surface area contributed by atoms with Crippen LogP contribution in [0.3, 0.4) is 0 Å². The molecule has 0 aliphatic carbocycles. The van der Waals surface area contributed by atoms with Crippen LogP contribution in [0.2, 0.25) is 5.02 Å². The number of nitrogens with zero attached hydrogens (tertiary/aromatic N) is 1. The van der Waals surface area contributed by atoms with Crippen molar-refractivity contribution in [1.29, 1.82) is 0 Å². The summed E-state index contributed by atoms with van der Waals surface area (Å²) in [4.78, 5) is 12.8. The topological polar surface area (TPSA) is 66.5 Å². The quantitative estimate of drug-likeness (QED) is 0.575. The highest BCUT2D eigenvalue weighted by molar-refractivity contribution is 7.89. The molecule has 32 heavy (non-hydrogen) atoms. The summed E-state index contributed by atoms with van der Waals surface area (Å²) in [6, 6.07) is 18.8. The van der Waals surface area contributed by atoms with Crippen LogP contribution in [0.15, 0.2) is 77.7 Å². The van der Waals surface area contributed by atoms with Gasteiger partial charge in [0.2, 0.25) is 15.9 Å². The van der Waals surface area contributed by atoms with Crippen LogP contribution in [-0.2, 0) is 27.8 Å². The van der Waals surface area contributed by atoms with E-state index in [0.717, 1.165) is 28.8 Å². The normalized spacial score (nSPS) is 16.4. The van der Waals surface area contributed by atoms with Crippen molar-refractivity contribution in [3.63, 3.8) is 0 Å². The molecule has 0 radical (unpaired) electrons. The van der Waals surface area contributed by atoms with Gasteiger partial charge >= 0.3 is 0 Å². The van der Waals surface area contributed by atoms with Gasteiger partial charge in [-0.25, -0.2) is 12.8 Å². The second-order valence-electron chi connectivity index (χ2n) is 7.65. The summed E-state index contributed by atoms with van der Waals surface area (Å²) in [5.74, 6) is -0.782. The van der Waals surface area contributed by atoms with Gasteiger partial charge < -0.3 is 5.32 Å². The number of sulfonamides is 1. The predicted octanol–water partition coefficient (Wildman–Crippen LogP) is 4.47. The Morgan fingerprint density at radius 1 is 1.06 bits per heavy atom. The van der Waals surface area contributed by atoms with Gasteiger partial charge in [-0.15, -0.1) is 0 Å². The second-order valence-corrected chi connectivity index (χ2v) is 9.97. The Bertz CT molecular complexity index is 1230. The van der Waals surface area contributed by atoms with Crippen LogP contribution in [0.5, 0.6) is 0 Å². The maximum atomic E-state index is 13.4. The molecule has 1 atom stereocenters. The van der Waals surface area contributed by atoms with Gasteiger partial charge in [0, 0.05) is 24.5 Å². The molecule has 1 unspecified atom stereocenters. The largest absolute Gasteiger partial charge is 0.352 e. The van der Waals surface area contributed by atoms with E-state index in [1.54, 1.807) is 18.2 Å². The molecule has 0 bridgehead atoms. The summed E-state index contributed by atoms with van der Waals surface area (Å²) >= 11 is 6.00. The zero-order chi connectivity index (χ0) is 22.7. The summed E-state index contributed by atoms with van der Waals surface area (Å²) in [7, 11) is -3.92. The number of carbonyl (C=O) groups excluding carboxylic acids is 1. The fourth-order valence-corrected chi connectivity index (χ4v) is 5.78. The third-order valence-electron chi connectivity index (χ3n) is 5.54. The number of hydrogen-bond acceptors (Lipinski definition) is 3. The molecule has 0 saturated carbocycles. The van der Waals surface area contributed by atoms with Crippen molar-refractivity contribution in [2.45, 2.75) is 30.3 Å². The highest BCUT2D eigenvalue weighted by Crippen LogP contribution is 2.36. The molecule has 166 valence electrons. The standard InChI is InChI=1S/C24H22ClFN2O3S/c25-19-6-3-4-17(14-19)16-27-24(29)15-23-22-7-2-1-5-18(22)12-13-28(23)32(30,31)21-10-8-20(26)9-11-21/h1-11,14,23H,12-13,15-16H2,(H,27,29). The van der Waals surface area contributed by atoms with Crippen LogP contribution < -0.4 is 5.32 Å². The van der Waals surface area contributed by atoms with E-state index < -0.39 is 21.9 Å². The Morgan fingerprint density at radius 2 is 1.81 bits per heavy atom. The molecule has 1 N–H and O–H groups in total. The zero-order valence-electron chi connectivity index (χ0n) is 17.2. The molecule has 8 heteroatoms. The summed E-state index contributed by atoms with van der Waals surface area (Å²) < 4.78 is 41.4. The number of nitrogens with one attached hydrogen (secondary N) is 1. The first-order chi connectivity index (χ1) is 15.3. The molecule has 0 spiro atoms. The number of fused-ring (bicyclic) bond motifs is 1. The Labute approximate surface area is 191 Å². The first kappa shape index (κ1) is 22.5. The van der Waals surface area contributed by atoms with Crippen molar-refractivity contribution < 1.29 is 17.6 Å². The lowest BCUT2D eigenvalue weighted by atomic mass is 9.92. The van der Waals surface area contributed by atoms with Gasteiger partial charge in [-0.3, -0.25) is 4.79 Å². The number of halogens is 2. The minimum absolute atomic E-state index is 0.00242. The van der Waals surface area contributed by atoms with Gasteiger partial charge in [0.1, 0.15) is 5.82 Å². The number of hydrogen-bond donors (Lipinski definition) is 1. The Balaban J connectivity index is 1.59. The predicted molar refractivity (Wildman–Crippen MR) is 121 cm³/mol. The lowest BCUT2D eigenvalue weighted by Gasteiger charge is -2.36. The summed E-state index contributed by atoms with van der Waals surface area (Å²) in [6.07, 6.45) is 0.509. The van der Waals surface area contributed by atoms with Crippen molar-refractivity contribution >= 4 is 27.5 Å². The fourth-order valence-electron chi connectivity index (χ4n) is 3.97. The van der Waals surface area contributed by atoms with Gasteiger partial charge in [-0.2, -0.15) is 4.31 Å². The molecule has 1 aliphatic heterocycles. The Morgan fingerprint density at radius 3 is 2.56 bits per heavy atom. The minimum Gasteiger partial charge on any atom is -0.352 e. The fraction of sp³-hybridized carbons (Fsp3) is 0.208. The van der Waals surface area contributed by atoms with Crippen LogP contribution in [0, 0.1) is 5.82 Å². The third kappa shape index (κ3) is 4.85. The van der Waals surface area contributed by atoms with Crippen molar-refractivity contribution in [2.75, 3.05) is 6.54 Å². The average Bonchev–Trinajstić information content (AvgIpc) is 2.78. The molecular weight excluding hydrogens is 451 g/mol. The van der Waals surface area contributed by atoms with E-state index in [1.807, 2.05) is 30.3 Å². The van der Waals surface area contributed by atoms with E-state index in [9.17, 15) is 17.6 Å². The van der Waals surface area contributed by atoms with Crippen LogP contribution in [0.25, 0.3) is 0 Å². The maximum Gasteiger partial charge on any atom is 0.243 e. The maximum absolute atomic E-state index is 13.4. The highest BCUT2D eigenvalue weighted by Gasteiger charge is 2.37. The van der Waals surface area contributed by atoms with Crippen LogP contribution in [-0.4, -0.2) is 25.2 Å². The summed E-state index contributed by atoms with van der Waals surface area (Å²) in [6.45, 7) is 0.529. The number of benzene rings is 3. The molecule has 3 aromatic carbocycles. The van der Waals surface area contributed by atoms with E-state index in [2.05, 4.69) is 5.32 Å². The Kier molecular flexibility index (Phi) is 6.60. The molecule has 1 amide bonds. The third-order valence-corrected chi connectivity index (χ3v) is 7.70. The van der Waals surface area contributed by atoms with E-state index in [4.69, 9.17) is 11.6 Å². The van der Waals surface area contributed by atoms with Crippen molar-refractivity contribution in [1.82, 2.24) is 9.62 Å². The molecule has 0 aromatic heterocycles. The van der Waals surface area contributed by atoms with Gasteiger partial charge in [0.25, 0.3) is 0 Å². The molecule has 3 aromatic rings. The summed E-state index contributed by atoms with van der Waals surface area (Å²) in [5.41, 5.74) is 2.68. The summed E-state index contributed by atoms with van der Waals surface area (Å²) in [5, 5.41) is 3.43. The van der Waals surface area contributed by atoms with E-state index >= 15 is 0 Å². The van der Waals surface area contributed by atoms with Gasteiger partial charge in [0.15, 0.2) is 0 Å². The van der Waals surface area contributed by atoms with Gasteiger partial charge in [-0.05, 0) is 59.5 Å². The molecule has 5 nitrogen and oxygen atoms in total. The van der Waals surface area contributed by atoms with E-state index in [0.29, 0.717) is 18.0 Å². The van der Waals surface area contributed by atoms with Crippen LogP contribution in [0.4, 0.5) is 4.39 Å². The number of carbonyl (C=O) groups is 1. The van der Waals surface area contributed by atoms with Gasteiger partial charge in [-0.1, -0.05) is 48.0 Å². The number of amides is 1. The Hall–Kier alpha value is -2.74. The minimum atomic E-state index is -3.92. The van der Waals surface area contributed by atoms with Gasteiger partial charge in [0.05, 0.1) is 10.9 Å².